The number of aliphatic hydroxyl groups is 1. The summed E-state index contributed by atoms with van der Waals surface area (Å²) in [6, 6.07) is 5.70. The normalized spacial score (nSPS) is 21.5. The van der Waals surface area contributed by atoms with E-state index < -0.39 is 59.1 Å². The molecule has 0 radical (unpaired) electrons. The molecule has 230 valence electrons. The van der Waals surface area contributed by atoms with Crippen molar-refractivity contribution >= 4 is 35.0 Å². The van der Waals surface area contributed by atoms with Crippen LogP contribution in [0.1, 0.15) is 23.8 Å². The Bertz CT molecular complexity index is 1580. The lowest BCUT2D eigenvalue weighted by molar-refractivity contribution is -0.385. The van der Waals surface area contributed by atoms with Gasteiger partial charge in [0.25, 0.3) is 5.69 Å². The first-order valence-electron chi connectivity index (χ1n) is 11.4. The Morgan fingerprint density at radius 2 is 1.90 bits per heavy atom. The Balaban J connectivity index is 1.62. The summed E-state index contributed by atoms with van der Waals surface area (Å²) < 4.78 is 52.1. The number of nitro benzene ring substituents is 1. The van der Waals surface area contributed by atoms with Gasteiger partial charge in [0, 0.05) is 36.4 Å². The van der Waals surface area contributed by atoms with E-state index in [4.69, 9.17) is 20.3 Å². The van der Waals surface area contributed by atoms with E-state index in [9.17, 15) is 43.5 Å². The first kappa shape index (κ1) is 33.6. The number of hydrogen-bond acceptors (Lipinski definition) is 14. The van der Waals surface area contributed by atoms with Gasteiger partial charge in [0.15, 0.2) is 0 Å². The molecule has 0 spiro atoms. The Morgan fingerprint density at radius 3 is 2.52 bits per heavy atom. The summed E-state index contributed by atoms with van der Waals surface area (Å²) >= 11 is 0. The minimum atomic E-state index is -5.73. The molecule has 23 heteroatoms. The van der Waals surface area contributed by atoms with Crippen LogP contribution in [0.5, 0.6) is 0 Å². The van der Waals surface area contributed by atoms with Crippen molar-refractivity contribution < 1.29 is 61.2 Å². The molecular formula is C19H24N5O15P3. The second kappa shape index (κ2) is 13.6. The SMILES string of the molecule is NCC#Cc1ccc(CNc2ccn([C@H]3C[C@@H](O)[C@@H](COP(=O)(O)OP(=O)(O)OP(=O)(O)O)O3)c(=O)n2)c([N+](=O)[O-])c1. The second-order valence-electron chi connectivity index (χ2n) is 8.28. The highest BCUT2D eigenvalue weighted by Crippen LogP contribution is 2.66. The molecule has 42 heavy (non-hydrogen) atoms. The average Bonchev–Trinajstić information content (AvgIpc) is 3.23. The summed E-state index contributed by atoms with van der Waals surface area (Å²) in [6.07, 6.45) is -2.83. The van der Waals surface area contributed by atoms with E-state index in [1.807, 2.05) is 0 Å². The molecule has 0 aliphatic carbocycles. The lowest BCUT2D eigenvalue weighted by Gasteiger charge is -2.19. The standard InChI is InChI=1S/C19H24N5O15P3/c20-6-1-2-12-3-4-13(14(8-12)24(27)28)10-21-17-5-7-23(19(26)22-17)18-9-15(25)16(37-18)11-36-41(32,33)39-42(34,35)38-40(29,30)31/h3-5,7-8,15-16,18,25H,6,9-11,20H2,(H,32,33)(H,34,35)(H,21,22,26)(H2,29,30,31)/t15-,16-,18-/m1/s1. The Labute approximate surface area is 235 Å². The number of anilines is 1. The number of benzene rings is 1. The van der Waals surface area contributed by atoms with Gasteiger partial charge in [0.1, 0.15) is 18.1 Å². The molecule has 0 amide bonds. The van der Waals surface area contributed by atoms with Gasteiger partial charge in [-0.05, 0) is 18.2 Å². The monoisotopic (exact) mass is 655 g/mol. The van der Waals surface area contributed by atoms with E-state index in [1.54, 1.807) is 6.07 Å². The number of aliphatic hydroxyl groups excluding tert-OH is 1. The first-order chi connectivity index (χ1) is 19.5. The van der Waals surface area contributed by atoms with Gasteiger partial charge in [0.05, 0.1) is 24.2 Å². The van der Waals surface area contributed by atoms with Crippen LogP contribution in [0.2, 0.25) is 0 Å². The number of nitrogens with two attached hydrogens (primary N) is 1. The number of phosphoric ester groups is 1. The molecule has 1 fully saturated rings. The van der Waals surface area contributed by atoms with Crippen molar-refractivity contribution in [2.75, 3.05) is 18.5 Å². The smallest absolute Gasteiger partial charge is 0.390 e. The van der Waals surface area contributed by atoms with Gasteiger partial charge < -0.3 is 40.5 Å². The van der Waals surface area contributed by atoms with Crippen LogP contribution < -0.4 is 16.7 Å². The third-order valence-corrected chi connectivity index (χ3v) is 9.04. The topological polar surface area (TPSA) is 305 Å². The molecule has 2 heterocycles. The molecule has 1 aromatic carbocycles. The summed E-state index contributed by atoms with van der Waals surface area (Å²) in [5.74, 6) is 5.35. The number of hydrogen-bond donors (Lipinski definition) is 7. The zero-order valence-corrected chi connectivity index (χ0v) is 23.7. The number of nitrogens with zero attached hydrogens (tertiary/aromatic N) is 3. The Kier molecular flexibility index (Phi) is 10.9. The maximum atomic E-state index is 12.6. The number of nitrogens with one attached hydrogen (secondary N) is 1. The van der Waals surface area contributed by atoms with Crippen LogP contribution in [0.4, 0.5) is 11.5 Å². The summed E-state index contributed by atoms with van der Waals surface area (Å²) in [7, 11) is -16.8. The fraction of sp³-hybridized carbons (Fsp3) is 0.368. The van der Waals surface area contributed by atoms with Crippen LogP contribution in [0.25, 0.3) is 0 Å². The molecule has 3 rings (SSSR count). The molecular weight excluding hydrogens is 631 g/mol. The maximum Gasteiger partial charge on any atom is 0.490 e. The van der Waals surface area contributed by atoms with Gasteiger partial charge >= 0.3 is 29.2 Å². The molecule has 2 aromatic rings. The summed E-state index contributed by atoms with van der Waals surface area (Å²) in [4.78, 5) is 63.2. The fourth-order valence-electron chi connectivity index (χ4n) is 3.54. The molecule has 0 saturated carbocycles. The maximum absolute atomic E-state index is 12.6. The highest BCUT2D eigenvalue weighted by atomic mass is 31.3. The summed E-state index contributed by atoms with van der Waals surface area (Å²) in [5.41, 5.74) is 4.93. The largest absolute Gasteiger partial charge is 0.490 e. The predicted molar refractivity (Wildman–Crippen MR) is 139 cm³/mol. The average molecular weight is 655 g/mol. The lowest BCUT2D eigenvalue weighted by Crippen LogP contribution is -2.28. The van der Waals surface area contributed by atoms with Crippen LogP contribution in [0.3, 0.4) is 0 Å². The van der Waals surface area contributed by atoms with E-state index >= 15 is 0 Å². The van der Waals surface area contributed by atoms with E-state index in [0.29, 0.717) is 5.56 Å². The fourth-order valence-corrected chi connectivity index (χ4v) is 6.57. The zero-order chi connectivity index (χ0) is 31.3. The lowest BCUT2D eigenvalue weighted by atomic mass is 10.1. The molecule has 20 nitrogen and oxygen atoms in total. The van der Waals surface area contributed by atoms with E-state index in [0.717, 1.165) is 4.57 Å². The molecule has 1 saturated heterocycles. The number of nitro groups is 1. The van der Waals surface area contributed by atoms with Crippen molar-refractivity contribution in [3.05, 3.63) is 62.2 Å². The number of phosphoric acid groups is 3. The minimum absolute atomic E-state index is 0.0558. The van der Waals surface area contributed by atoms with Gasteiger partial charge in [0.2, 0.25) is 0 Å². The van der Waals surface area contributed by atoms with Gasteiger partial charge in [-0.2, -0.15) is 13.6 Å². The van der Waals surface area contributed by atoms with E-state index in [-0.39, 0.29) is 36.6 Å². The molecule has 5 atom stereocenters. The third kappa shape index (κ3) is 9.87. The van der Waals surface area contributed by atoms with Crippen LogP contribution in [-0.4, -0.2) is 64.5 Å². The van der Waals surface area contributed by atoms with Crippen molar-refractivity contribution in [1.82, 2.24) is 9.55 Å². The van der Waals surface area contributed by atoms with Gasteiger partial charge in [-0.1, -0.05) is 11.8 Å². The second-order valence-corrected chi connectivity index (χ2v) is 12.7. The number of ether oxygens (including phenoxy) is 1. The van der Waals surface area contributed by atoms with Gasteiger partial charge in [-0.3, -0.25) is 19.2 Å². The highest BCUT2D eigenvalue weighted by molar-refractivity contribution is 7.66. The molecule has 0 bridgehead atoms. The van der Waals surface area contributed by atoms with E-state index in [1.165, 1.54) is 24.4 Å². The van der Waals surface area contributed by atoms with Crippen molar-refractivity contribution in [2.45, 2.75) is 31.4 Å². The molecule has 1 aliphatic rings. The third-order valence-electron chi connectivity index (χ3n) is 5.24. The summed E-state index contributed by atoms with van der Waals surface area (Å²) in [5, 5.41) is 24.5. The van der Waals surface area contributed by atoms with Gasteiger partial charge in [-0.15, -0.1) is 0 Å². The van der Waals surface area contributed by atoms with Crippen molar-refractivity contribution in [3.63, 3.8) is 0 Å². The van der Waals surface area contributed by atoms with Crippen LogP contribution in [0.15, 0.2) is 35.3 Å². The quantitative estimate of drug-likeness (QED) is 0.0688. The van der Waals surface area contributed by atoms with Crippen LogP contribution >= 0.6 is 23.5 Å². The van der Waals surface area contributed by atoms with Crippen molar-refractivity contribution in [3.8, 4) is 11.8 Å². The van der Waals surface area contributed by atoms with Crippen LogP contribution in [-0.2, 0) is 38.1 Å². The Morgan fingerprint density at radius 1 is 1.19 bits per heavy atom. The van der Waals surface area contributed by atoms with Gasteiger partial charge in [-0.25, -0.2) is 18.5 Å². The van der Waals surface area contributed by atoms with Crippen LogP contribution in [0, 0.1) is 22.0 Å². The Hall–Kier alpha value is -2.85. The number of aromatic nitrogens is 2. The molecule has 1 aliphatic heterocycles. The van der Waals surface area contributed by atoms with Crippen molar-refractivity contribution in [1.29, 1.82) is 0 Å². The van der Waals surface area contributed by atoms with Crippen molar-refractivity contribution in [2.24, 2.45) is 5.73 Å². The molecule has 8 N–H and O–H groups in total. The first-order valence-corrected chi connectivity index (χ1v) is 15.9. The highest BCUT2D eigenvalue weighted by Gasteiger charge is 2.43. The minimum Gasteiger partial charge on any atom is -0.390 e. The molecule has 1 aromatic heterocycles. The number of rotatable bonds is 12. The zero-order valence-electron chi connectivity index (χ0n) is 21.0. The predicted octanol–water partition coefficient (Wildman–Crippen LogP) is 0.0655. The van der Waals surface area contributed by atoms with E-state index in [2.05, 4.69) is 35.3 Å². The summed E-state index contributed by atoms with van der Waals surface area (Å²) in [6.45, 7) is -0.904. The molecule has 2 unspecified atom stereocenters.